The van der Waals surface area contributed by atoms with Crippen LogP contribution in [-0.2, 0) is 25.7 Å². The molecule has 2 aromatic heterocycles. The molecule has 5 N–H and O–H groups in total. The summed E-state index contributed by atoms with van der Waals surface area (Å²) < 4.78 is 0. The molecule has 0 bridgehead atoms. The zero-order chi connectivity index (χ0) is 33.6. The number of nitrogens with one attached hydrogen (secondary N) is 3. The molecule has 4 aromatic carbocycles. The molecule has 2 heterocycles. The zero-order valence-corrected chi connectivity index (χ0v) is 29.4. The van der Waals surface area contributed by atoms with Crippen molar-refractivity contribution < 1.29 is 17.7 Å². The SMILES string of the molecule is CCc1ccc(Nc2nccnc2Nc2ccc(CC)cc2)cc1.CCc1ccc(Nc2nccnc2[NH2+]c2ccc(CC)cc2)cc1.[Cl-]. The van der Waals surface area contributed by atoms with E-state index in [1.54, 1.807) is 24.8 Å². The number of nitrogens with zero attached hydrogens (tertiary/aromatic N) is 4. The smallest absolute Gasteiger partial charge is 0.273 e. The van der Waals surface area contributed by atoms with E-state index in [1.807, 2.05) is 0 Å². The number of aromatic nitrogens is 4. The summed E-state index contributed by atoms with van der Waals surface area (Å²) in [6.45, 7) is 8.61. The van der Waals surface area contributed by atoms with Gasteiger partial charge in [-0.05, 0) is 96.5 Å². The molecule has 0 atom stereocenters. The fraction of sp³-hybridized carbons (Fsp3) is 0.200. The fourth-order valence-corrected chi connectivity index (χ4v) is 4.96. The number of anilines is 6. The molecule has 6 rings (SSSR count). The largest absolute Gasteiger partial charge is 1.00 e. The highest BCUT2D eigenvalue weighted by Crippen LogP contribution is 2.25. The first-order valence-corrected chi connectivity index (χ1v) is 16.7. The quantitative estimate of drug-likeness (QED) is 0.119. The maximum Gasteiger partial charge on any atom is 0.273 e. The van der Waals surface area contributed by atoms with E-state index in [-0.39, 0.29) is 12.4 Å². The minimum Gasteiger partial charge on any atom is -1.00 e. The predicted molar refractivity (Wildman–Crippen MR) is 198 cm³/mol. The second-order valence-corrected chi connectivity index (χ2v) is 11.3. The van der Waals surface area contributed by atoms with E-state index in [4.69, 9.17) is 0 Å². The maximum absolute atomic E-state index is 4.47. The van der Waals surface area contributed by atoms with E-state index in [0.29, 0.717) is 11.6 Å². The Hall–Kier alpha value is -5.31. The molecule has 0 aliphatic carbocycles. The normalized spacial score (nSPS) is 10.3. The van der Waals surface area contributed by atoms with Gasteiger partial charge in [-0.1, -0.05) is 76.2 Å². The van der Waals surface area contributed by atoms with Crippen molar-refractivity contribution in [3.63, 3.8) is 0 Å². The number of aryl methyl sites for hydroxylation is 4. The molecule has 0 unspecified atom stereocenters. The van der Waals surface area contributed by atoms with Gasteiger partial charge in [0.2, 0.25) is 5.82 Å². The summed E-state index contributed by atoms with van der Waals surface area (Å²) in [5, 5.41) is 12.1. The number of halogens is 1. The van der Waals surface area contributed by atoms with Crippen LogP contribution in [0.2, 0.25) is 0 Å². The Morgan fingerprint density at radius 2 is 0.714 bits per heavy atom. The van der Waals surface area contributed by atoms with Crippen LogP contribution < -0.4 is 33.7 Å². The van der Waals surface area contributed by atoms with Crippen LogP contribution in [-0.4, -0.2) is 19.9 Å². The van der Waals surface area contributed by atoms with Gasteiger partial charge in [-0.2, -0.15) is 4.98 Å². The number of quaternary nitrogens is 1. The Morgan fingerprint density at radius 1 is 0.408 bits per heavy atom. The van der Waals surface area contributed by atoms with Crippen LogP contribution in [0.3, 0.4) is 0 Å². The molecule has 9 heteroatoms. The van der Waals surface area contributed by atoms with Gasteiger partial charge < -0.3 is 28.4 Å². The molecule has 0 aliphatic rings. The molecule has 252 valence electrons. The summed E-state index contributed by atoms with van der Waals surface area (Å²) >= 11 is 0. The Morgan fingerprint density at radius 3 is 1.08 bits per heavy atom. The topological polar surface area (TPSA) is 104 Å². The van der Waals surface area contributed by atoms with Crippen LogP contribution in [0.1, 0.15) is 49.9 Å². The van der Waals surface area contributed by atoms with Crippen molar-refractivity contribution in [3.05, 3.63) is 144 Å². The van der Waals surface area contributed by atoms with Crippen molar-refractivity contribution in [1.82, 2.24) is 19.9 Å². The van der Waals surface area contributed by atoms with Crippen LogP contribution in [0.15, 0.2) is 122 Å². The standard InChI is InChI=1S/2C20H22N4.ClH/c2*1-3-15-5-9-17(10-6-15)23-19-20(22-14-13-21-19)24-18-11-7-16(4-2)8-12-18;/h2*5-14H,3-4H2,1-2H3,(H,21,23)(H,22,24);1H. The first-order valence-electron chi connectivity index (χ1n) is 16.7. The van der Waals surface area contributed by atoms with Crippen LogP contribution in [0.4, 0.5) is 46.0 Å². The molecule has 0 saturated heterocycles. The number of rotatable bonds is 12. The average Bonchev–Trinajstić information content (AvgIpc) is 3.15. The van der Waals surface area contributed by atoms with E-state index in [2.05, 4.69) is 166 Å². The minimum atomic E-state index is 0. The van der Waals surface area contributed by atoms with Gasteiger partial charge in [0, 0.05) is 35.7 Å². The summed E-state index contributed by atoms with van der Waals surface area (Å²) in [5.74, 6) is 3.02. The molecule has 6 aromatic rings. The molecule has 0 radical (unpaired) electrons. The van der Waals surface area contributed by atoms with E-state index in [1.165, 1.54) is 22.3 Å². The monoisotopic (exact) mass is 672 g/mol. The molecule has 0 aliphatic heterocycles. The van der Waals surface area contributed by atoms with E-state index >= 15 is 0 Å². The van der Waals surface area contributed by atoms with Crippen LogP contribution in [0.5, 0.6) is 0 Å². The average molecular weight is 673 g/mol. The summed E-state index contributed by atoms with van der Waals surface area (Å²) in [4.78, 5) is 17.7. The third kappa shape index (κ3) is 10.9. The highest BCUT2D eigenvalue weighted by molar-refractivity contribution is 5.72. The first kappa shape index (κ1) is 36.5. The lowest BCUT2D eigenvalue weighted by Gasteiger charge is -2.12. The Balaban J connectivity index is 0.000000216. The lowest BCUT2D eigenvalue weighted by atomic mass is 10.1. The molecular formula is C40H45ClN8. The molecular weight excluding hydrogens is 628 g/mol. The van der Waals surface area contributed by atoms with Crippen LogP contribution in [0.25, 0.3) is 0 Å². The molecule has 8 nitrogen and oxygen atoms in total. The summed E-state index contributed by atoms with van der Waals surface area (Å²) in [5.41, 5.74) is 9.42. The minimum absolute atomic E-state index is 0. The second kappa shape index (κ2) is 18.9. The number of benzene rings is 4. The Kier molecular flexibility index (Phi) is 14.1. The van der Waals surface area contributed by atoms with Crippen LogP contribution >= 0.6 is 0 Å². The van der Waals surface area contributed by atoms with Gasteiger partial charge in [-0.3, -0.25) is 5.32 Å². The lowest BCUT2D eigenvalue weighted by Crippen LogP contribution is -3.00. The lowest BCUT2D eigenvalue weighted by molar-refractivity contribution is -0.482. The Labute approximate surface area is 296 Å². The van der Waals surface area contributed by atoms with E-state index < -0.39 is 0 Å². The molecule has 0 fully saturated rings. The van der Waals surface area contributed by atoms with Gasteiger partial charge in [0.15, 0.2) is 11.6 Å². The number of nitrogens with two attached hydrogens (primary N) is 1. The van der Waals surface area contributed by atoms with Gasteiger partial charge >= 0.3 is 0 Å². The van der Waals surface area contributed by atoms with Gasteiger partial charge in [-0.15, -0.1) is 0 Å². The van der Waals surface area contributed by atoms with E-state index in [0.717, 1.165) is 60.1 Å². The van der Waals surface area contributed by atoms with Gasteiger partial charge in [0.05, 0.1) is 6.20 Å². The van der Waals surface area contributed by atoms with Gasteiger partial charge in [-0.25, -0.2) is 15.0 Å². The molecule has 0 spiro atoms. The third-order valence-corrected chi connectivity index (χ3v) is 7.99. The van der Waals surface area contributed by atoms with Crippen molar-refractivity contribution in [1.29, 1.82) is 0 Å². The molecule has 49 heavy (non-hydrogen) atoms. The summed E-state index contributed by atoms with van der Waals surface area (Å²) in [6.07, 6.45) is 11.0. The zero-order valence-electron chi connectivity index (χ0n) is 28.6. The van der Waals surface area contributed by atoms with Crippen molar-refractivity contribution in [2.75, 3.05) is 16.0 Å². The summed E-state index contributed by atoms with van der Waals surface area (Å²) in [7, 11) is 0. The third-order valence-electron chi connectivity index (χ3n) is 7.99. The molecule has 0 saturated carbocycles. The van der Waals surface area contributed by atoms with E-state index in [9.17, 15) is 0 Å². The highest BCUT2D eigenvalue weighted by Gasteiger charge is 2.11. The van der Waals surface area contributed by atoms with Crippen LogP contribution in [0, 0.1) is 0 Å². The second-order valence-electron chi connectivity index (χ2n) is 11.3. The van der Waals surface area contributed by atoms with Crippen molar-refractivity contribution in [2.24, 2.45) is 0 Å². The van der Waals surface area contributed by atoms with Crippen molar-refractivity contribution >= 4 is 46.0 Å². The fourth-order valence-electron chi connectivity index (χ4n) is 4.96. The predicted octanol–water partition coefficient (Wildman–Crippen LogP) is 5.96. The number of hydrogen-bond donors (Lipinski definition) is 4. The number of hydrogen-bond acceptors (Lipinski definition) is 7. The Bertz CT molecular complexity index is 1570. The first-order chi connectivity index (χ1) is 23.6. The highest BCUT2D eigenvalue weighted by atomic mass is 35.5. The van der Waals surface area contributed by atoms with Crippen molar-refractivity contribution in [3.8, 4) is 0 Å². The van der Waals surface area contributed by atoms with Crippen molar-refractivity contribution in [2.45, 2.75) is 53.4 Å². The maximum atomic E-state index is 4.47. The molecule has 0 amide bonds. The van der Waals surface area contributed by atoms with Gasteiger partial charge in [0.1, 0.15) is 5.69 Å². The summed E-state index contributed by atoms with van der Waals surface area (Å²) in [6, 6.07) is 33.7. The van der Waals surface area contributed by atoms with Gasteiger partial charge in [0.25, 0.3) is 5.82 Å².